The Morgan fingerprint density at radius 2 is 1.86 bits per heavy atom. The van der Waals surface area contributed by atoms with E-state index < -0.39 is 29.3 Å². The molecule has 2 aromatic rings. The lowest BCUT2D eigenvalue weighted by Crippen LogP contribution is -2.37. The van der Waals surface area contributed by atoms with Crippen LogP contribution in [-0.2, 0) is 14.3 Å². The molecule has 1 heterocycles. The van der Waals surface area contributed by atoms with Crippen molar-refractivity contribution in [3.05, 3.63) is 46.9 Å². The van der Waals surface area contributed by atoms with Gasteiger partial charge in [-0.25, -0.2) is 0 Å². The van der Waals surface area contributed by atoms with Crippen LogP contribution in [0.15, 0.2) is 41.3 Å². The van der Waals surface area contributed by atoms with E-state index in [0.717, 1.165) is 27.4 Å². The summed E-state index contributed by atoms with van der Waals surface area (Å²) in [6.07, 6.45) is 1.64. The van der Waals surface area contributed by atoms with Gasteiger partial charge in [-0.3, -0.25) is 19.3 Å². The Labute approximate surface area is 167 Å². The zero-order chi connectivity index (χ0) is 20.5. The van der Waals surface area contributed by atoms with Crippen LogP contribution in [0.25, 0.3) is 16.8 Å². The van der Waals surface area contributed by atoms with Crippen molar-refractivity contribution in [2.24, 2.45) is 0 Å². The predicted molar refractivity (Wildman–Crippen MR) is 109 cm³/mol. The van der Waals surface area contributed by atoms with Gasteiger partial charge in [0, 0.05) is 5.56 Å². The van der Waals surface area contributed by atoms with Gasteiger partial charge >= 0.3 is 5.97 Å². The molecule has 1 fully saturated rings. The van der Waals surface area contributed by atoms with Crippen LogP contribution in [-0.4, -0.2) is 41.3 Å². The quantitative estimate of drug-likeness (QED) is 0.566. The number of benzene rings is 2. The zero-order valence-electron chi connectivity index (χ0n) is 16.1. The molecular formula is C21H21NO5S. The van der Waals surface area contributed by atoms with E-state index in [4.69, 9.17) is 9.47 Å². The topological polar surface area (TPSA) is 72.9 Å². The number of carbonyl (C=O) groups is 3. The van der Waals surface area contributed by atoms with Crippen LogP contribution in [0.5, 0.6) is 5.75 Å². The van der Waals surface area contributed by atoms with Crippen LogP contribution in [0.1, 0.15) is 26.3 Å². The predicted octanol–water partition coefficient (Wildman–Crippen LogP) is 4.23. The van der Waals surface area contributed by atoms with Gasteiger partial charge in [-0.2, -0.15) is 0 Å². The van der Waals surface area contributed by atoms with Crippen LogP contribution in [0.3, 0.4) is 0 Å². The summed E-state index contributed by atoms with van der Waals surface area (Å²) in [4.78, 5) is 38.2. The molecule has 0 aliphatic carbocycles. The highest BCUT2D eigenvalue weighted by Crippen LogP contribution is 2.36. The molecule has 0 N–H and O–H groups in total. The molecule has 0 saturated carbocycles. The van der Waals surface area contributed by atoms with Crippen LogP contribution in [0, 0.1) is 0 Å². The largest absolute Gasteiger partial charge is 0.496 e. The summed E-state index contributed by atoms with van der Waals surface area (Å²) >= 11 is 0.800. The fourth-order valence-electron chi connectivity index (χ4n) is 2.87. The van der Waals surface area contributed by atoms with E-state index in [1.54, 1.807) is 34.0 Å². The minimum atomic E-state index is -0.689. The molecule has 28 heavy (non-hydrogen) atoms. The molecule has 7 heteroatoms. The Morgan fingerprint density at radius 1 is 1.14 bits per heavy atom. The third-order valence-electron chi connectivity index (χ3n) is 4.01. The van der Waals surface area contributed by atoms with Crippen LogP contribution >= 0.6 is 11.8 Å². The van der Waals surface area contributed by atoms with E-state index in [-0.39, 0.29) is 4.91 Å². The second-order valence-corrected chi connectivity index (χ2v) is 8.25. The molecule has 1 saturated heterocycles. The third kappa shape index (κ3) is 4.20. The molecule has 1 aliphatic heterocycles. The second kappa shape index (κ2) is 7.67. The van der Waals surface area contributed by atoms with Crippen LogP contribution in [0.4, 0.5) is 4.79 Å². The smallest absolute Gasteiger partial charge is 0.326 e. The number of nitrogens with zero attached hydrogens (tertiary/aromatic N) is 1. The Hall–Kier alpha value is -2.80. The standard InChI is InChI=1S/C21H21NO5S/c1-21(2,3)27-18(23)12-22-19(24)17(28-20(22)25)11-15-14-8-6-5-7-13(14)9-10-16(15)26-4/h5-11H,12H2,1-4H3/b17-11+. The number of rotatable bonds is 4. The summed E-state index contributed by atoms with van der Waals surface area (Å²) in [5.41, 5.74) is 0.0220. The minimum absolute atomic E-state index is 0.239. The van der Waals surface area contributed by atoms with E-state index in [0.29, 0.717) is 11.3 Å². The first kappa shape index (κ1) is 19.9. The second-order valence-electron chi connectivity index (χ2n) is 7.26. The summed E-state index contributed by atoms with van der Waals surface area (Å²) in [7, 11) is 1.55. The Morgan fingerprint density at radius 3 is 2.54 bits per heavy atom. The average Bonchev–Trinajstić information content (AvgIpc) is 2.88. The Balaban J connectivity index is 1.92. The van der Waals surface area contributed by atoms with E-state index in [1.165, 1.54) is 0 Å². The Kier molecular flexibility index (Phi) is 5.47. The number of hydrogen-bond acceptors (Lipinski definition) is 6. The number of amides is 2. The number of esters is 1. The molecular weight excluding hydrogens is 378 g/mol. The van der Waals surface area contributed by atoms with Gasteiger partial charge in [0.1, 0.15) is 17.9 Å². The summed E-state index contributed by atoms with van der Waals surface area (Å²) in [6, 6.07) is 11.5. The minimum Gasteiger partial charge on any atom is -0.496 e. The molecule has 2 amide bonds. The normalized spacial score (nSPS) is 16.1. The summed E-state index contributed by atoms with van der Waals surface area (Å²) in [5, 5.41) is 1.39. The summed E-state index contributed by atoms with van der Waals surface area (Å²) < 4.78 is 10.6. The lowest BCUT2D eigenvalue weighted by atomic mass is 10.0. The summed E-state index contributed by atoms with van der Waals surface area (Å²) in [6.45, 7) is 4.77. The molecule has 0 bridgehead atoms. The van der Waals surface area contributed by atoms with Gasteiger partial charge in [0.15, 0.2) is 0 Å². The lowest BCUT2D eigenvalue weighted by Gasteiger charge is -2.21. The molecule has 6 nitrogen and oxygen atoms in total. The van der Waals surface area contributed by atoms with Gasteiger partial charge in [-0.05, 0) is 55.4 Å². The van der Waals surface area contributed by atoms with Gasteiger partial charge in [-0.15, -0.1) is 0 Å². The van der Waals surface area contributed by atoms with Crippen molar-refractivity contribution in [2.75, 3.05) is 13.7 Å². The van der Waals surface area contributed by atoms with Crippen LogP contribution in [0.2, 0.25) is 0 Å². The summed E-state index contributed by atoms with van der Waals surface area (Å²) in [5.74, 6) is -0.549. The van der Waals surface area contributed by atoms with Crippen LogP contribution < -0.4 is 4.74 Å². The molecule has 3 rings (SSSR count). The number of thioether (sulfide) groups is 1. The number of hydrogen-bond donors (Lipinski definition) is 0. The maximum atomic E-state index is 12.7. The van der Waals surface area contributed by atoms with E-state index in [9.17, 15) is 14.4 Å². The van der Waals surface area contributed by atoms with E-state index >= 15 is 0 Å². The number of ether oxygens (including phenoxy) is 2. The maximum Gasteiger partial charge on any atom is 0.326 e. The molecule has 0 radical (unpaired) electrons. The fraction of sp³-hybridized carbons (Fsp3) is 0.286. The monoisotopic (exact) mass is 399 g/mol. The first-order chi connectivity index (χ1) is 13.2. The molecule has 0 atom stereocenters. The van der Waals surface area contributed by atoms with Crippen molar-refractivity contribution in [1.29, 1.82) is 0 Å². The van der Waals surface area contributed by atoms with E-state index in [2.05, 4.69) is 0 Å². The Bertz CT molecular complexity index is 990. The van der Waals surface area contributed by atoms with Crippen molar-refractivity contribution < 1.29 is 23.9 Å². The highest BCUT2D eigenvalue weighted by molar-refractivity contribution is 8.18. The van der Waals surface area contributed by atoms with Crippen molar-refractivity contribution >= 4 is 45.7 Å². The van der Waals surface area contributed by atoms with Crippen molar-refractivity contribution in [3.63, 3.8) is 0 Å². The molecule has 0 spiro atoms. The average molecular weight is 399 g/mol. The number of imide groups is 1. The molecule has 1 aliphatic rings. The van der Waals surface area contributed by atoms with Gasteiger partial charge < -0.3 is 9.47 Å². The number of methoxy groups -OCH3 is 1. The van der Waals surface area contributed by atoms with Gasteiger partial charge in [0.2, 0.25) is 0 Å². The number of fused-ring (bicyclic) bond motifs is 1. The molecule has 2 aromatic carbocycles. The fourth-order valence-corrected chi connectivity index (χ4v) is 3.69. The number of carbonyl (C=O) groups excluding carboxylic acids is 3. The highest BCUT2D eigenvalue weighted by Gasteiger charge is 2.37. The SMILES string of the molecule is COc1ccc2ccccc2c1/C=C1/SC(=O)N(CC(=O)OC(C)(C)C)C1=O. The van der Waals surface area contributed by atoms with Gasteiger partial charge in [-0.1, -0.05) is 30.3 Å². The van der Waals surface area contributed by atoms with Gasteiger partial charge in [0.05, 0.1) is 12.0 Å². The first-order valence-corrected chi connectivity index (χ1v) is 9.54. The lowest BCUT2D eigenvalue weighted by molar-refractivity contribution is -0.156. The van der Waals surface area contributed by atoms with E-state index in [1.807, 2.05) is 36.4 Å². The van der Waals surface area contributed by atoms with Crippen molar-refractivity contribution in [3.8, 4) is 5.75 Å². The highest BCUT2D eigenvalue weighted by atomic mass is 32.2. The molecule has 0 aromatic heterocycles. The molecule has 146 valence electrons. The third-order valence-corrected chi connectivity index (χ3v) is 4.91. The zero-order valence-corrected chi connectivity index (χ0v) is 17.0. The van der Waals surface area contributed by atoms with Crippen molar-refractivity contribution in [2.45, 2.75) is 26.4 Å². The maximum absolute atomic E-state index is 12.7. The van der Waals surface area contributed by atoms with Gasteiger partial charge in [0.25, 0.3) is 11.1 Å². The first-order valence-electron chi connectivity index (χ1n) is 8.72. The molecule has 0 unspecified atom stereocenters. The van der Waals surface area contributed by atoms with Crippen molar-refractivity contribution in [1.82, 2.24) is 4.90 Å².